The van der Waals surface area contributed by atoms with E-state index in [9.17, 15) is 4.79 Å². The first-order valence-corrected chi connectivity index (χ1v) is 6.72. The van der Waals surface area contributed by atoms with Crippen LogP contribution in [0, 0.1) is 0 Å². The number of nitrogens with zero attached hydrogens (tertiary/aromatic N) is 1. The highest BCUT2D eigenvalue weighted by atomic mass is 16.5. The number of carbonyl (C=O) groups is 1. The van der Waals surface area contributed by atoms with Gasteiger partial charge in [-0.1, -0.05) is 18.2 Å². The molecule has 0 saturated carbocycles. The van der Waals surface area contributed by atoms with Gasteiger partial charge >= 0.3 is 0 Å². The fourth-order valence-electron chi connectivity index (χ4n) is 2.37. The van der Waals surface area contributed by atoms with Crippen LogP contribution in [0.1, 0.15) is 20.8 Å². The van der Waals surface area contributed by atoms with Crippen LogP contribution in [0.25, 0.3) is 0 Å². The first kappa shape index (κ1) is 13.9. The predicted octanol–water partition coefficient (Wildman–Crippen LogP) is 2.09. The van der Waals surface area contributed by atoms with Crippen molar-refractivity contribution in [3.8, 4) is 5.75 Å². The van der Waals surface area contributed by atoms with E-state index >= 15 is 0 Å². The SMILES string of the molecule is C[C@H]1CN(C(=O)[C@@H](C)Oc2ccccc2)C[C@H](C)O1. The standard InChI is InChI=1S/C15H21NO3/c1-11-9-16(10-12(2)18-11)15(17)13(3)19-14-7-5-4-6-8-14/h4-8,11-13H,9-10H2,1-3H3/t11-,12-,13+/m0/s1. The second-order valence-corrected chi connectivity index (χ2v) is 5.07. The zero-order valence-corrected chi connectivity index (χ0v) is 11.7. The lowest BCUT2D eigenvalue weighted by molar-refractivity contribution is -0.149. The third-order valence-corrected chi connectivity index (χ3v) is 3.14. The number of carbonyl (C=O) groups excluding carboxylic acids is 1. The van der Waals surface area contributed by atoms with Gasteiger partial charge in [0.25, 0.3) is 5.91 Å². The molecule has 1 fully saturated rings. The molecule has 4 nitrogen and oxygen atoms in total. The summed E-state index contributed by atoms with van der Waals surface area (Å²) < 4.78 is 11.3. The largest absolute Gasteiger partial charge is 0.481 e. The fraction of sp³-hybridized carbons (Fsp3) is 0.533. The highest BCUT2D eigenvalue weighted by Crippen LogP contribution is 2.15. The third-order valence-electron chi connectivity index (χ3n) is 3.14. The summed E-state index contributed by atoms with van der Waals surface area (Å²) in [6, 6.07) is 9.42. The Bertz CT molecular complexity index is 411. The van der Waals surface area contributed by atoms with Gasteiger partial charge in [0, 0.05) is 13.1 Å². The smallest absolute Gasteiger partial charge is 0.263 e. The Morgan fingerprint density at radius 1 is 1.26 bits per heavy atom. The lowest BCUT2D eigenvalue weighted by atomic mass is 10.2. The van der Waals surface area contributed by atoms with E-state index in [-0.39, 0.29) is 18.1 Å². The molecule has 1 saturated heterocycles. The summed E-state index contributed by atoms with van der Waals surface area (Å²) in [5.74, 6) is 0.739. The van der Waals surface area contributed by atoms with Gasteiger partial charge in [-0.3, -0.25) is 4.79 Å². The highest BCUT2D eigenvalue weighted by molar-refractivity contribution is 5.81. The van der Waals surface area contributed by atoms with Crippen LogP contribution in [0.15, 0.2) is 30.3 Å². The van der Waals surface area contributed by atoms with Crippen molar-refractivity contribution in [3.05, 3.63) is 30.3 Å². The van der Waals surface area contributed by atoms with Gasteiger partial charge in [-0.05, 0) is 32.9 Å². The van der Waals surface area contributed by atoms with E-state index in [1.807, 2.05) is 49.1 Å². The molecule has 1 aromatic rings. The minimum absolute atomic E-state index is 0.0193. The van der Waals surface area contributed by atoms with Crippen molar-refractivity contribution in [2.45, 2.75) is 39.1 Å². The summed E-state index contributed by atoms with van der Waals surface area (Å²) in [7, 11) is 0. The monoisotopic (exact) mass is 263 g/mol. The molecule has 4 heteroatoms. The molecule has 1 aliphatic heterocycles. The van der Waals surface area contributed by atoms with E-state index in [0.29, 0.717) is 13.1 Å². The molecular formula is C15H21NO3. The van der Waals surface area contributed by atoms with E-state index in [1.54, 1.807) is 6.92 Å². The van der Waals surface area contributed by atoms with Crippen molar-refractivity contribution < 1.29 is 14.3 Å². The molecule has 2 rings (SSSR count). The van der Waals surface area contributed by atoms with Gasteiger partial charge in [0.1, 0.15) is 5.75 Å². The number of hydrogen-bond acceptors (Lipinski definition) is 3. The topological polar surface area (TPSA) is 38.8 Å². The summed E-state index contributed by atoms with van der Waals surface area (Å²) >= 11 is 0. The molecule has 1 aliphatic rings. The van der Waals surface area contributed by atoms with Crippen LogP contribution in [0.3, 0.4) is 0 Å². The molecule has 1 amide bonds. The average Bonchev–Trinajstić information content (AvgIpc) is 2.37. The van der Waals surface area contributed by atoms with Gasteiger partial charge in [0.05, 0.1) is 12.2 Å². The first-order chi connectivity index (χ1) is 9.06. The van der Waals surface area contributed by atoms with E-state index < -0.39 is 6.10 Å². The van der Waals surface area contributed by atoms with Crippen LogP contribution >= 0.6 is 0 Å². The Kier molecular flexibility index (Phi) is 4.43. The Morgan fingerprint density at radius 3 is 2.42 bits per heavy atom. The van der Waals surface area contributed by atoms with Crippen LogP contribution in [-0.2, 0) is 9.53 Å². The molecule has 1 heterocycles. The number of rotatable bonds is 3. The number of hydrogen-bond donors (Lipinski definition) is 0. The van der Waals surface area contributed by atoms with Gasteiger partial charge in [-0.25, -0.2) is 0 Å². The number of amides is 1. The third kappa shape index (κ3) is 3.70. The summed E-state index contributed by atoms with van der Waals surface area (Å²) in [5.41, 5.74) is 0. The van der Waals surface area contributed by atoms with E-state index in [0.717, 1.165) is 5.75 Å². The molecule has 3 atom stereocenters. The summed E-state index contributed by atoms with van der Waals surface area (Å²) in [4.78, 5) is 14.2. The Morgan fingerprint density at radius 2 is 1.84 bits per heavy atom. The minimum Gasteiger partial charge on any atom is -0.481 e. The fourth-order valence-corrected chi connectivity index (χ4v) is 2.37. The van der Waals surface area contributed by atoms with Crippen molar-refractivity contribution in [1.82, 2.24) is 4.90 Å². The maximum absolute atomic E-state index is 12.3. The molecular weight excluding hydrogens is 242 g/mol. The minimum atomic E-state index is -0.472. The van der Waals surface area contributed by atoms with Gasteiger partial charge in [0.15, 0.2) is 6.10 Å². The molecule has 0 aromatic heterocycles. The van der Waals surface area contributed by atoms with Crippen LogP contribution in [0.4, 0.5) is 0 Å². The summed E-state index contributed by atoms with van der Waals surface area (Å²) in [6.45, 7) is 7.02. The van der Waals surface area contributed by atoms with Crippen LogP contribution in [0.5, 0.6) is 5.75 Å². The molecule has 0 unspecified atom stereocenters. The maximum atomic E-state index is 12.3. The van der Waals surface area contributed by atoms with Crippen molar-refractivity contribution in [2.24, 2.45) is 0 Å². The summed E-state index contributed by atoms with van der Waals surface area (Å²) in [6.07, 6.45) is -0.312. The second-order valence-electron chi connectivity index (χ2n) is 5.07. The Hall–Kier alpha value is -1.55. The normalized spacial score (nSPS) is 24.9. The number of benzene rings is 1. The first-order valence-electron chi connectivity index (χ1n) is 6.72. The molecule has 0 bridgehead atoms. The second kappa shape index (κ2) is 6.06. The molecule has 104 valence electrons. The lowest BCUT2D eigenvalue weighted by Gasteiger charge is -2.36. The highest BCUT2D eigenvalue weighted by Gasteiger charge is 2.29. The van der Waals surface area contributed by atoms with Gasteiger partial charge in [-0.15, -0.1) is 0 Å². The van der Waals surface area contributed by atoms with Gasteiger partial charge in [-0.2, -0.15) is 0 Å². The maximum Gasteiger partial charge on any atom is 0.263 e. The summed E-state index contributed by atoms with van der Waals surface area (Å²) in [5, 5.41) is 0. The molecule has 0 aliphatic carbocycles. The molecule has 0 spiro atoms. The van der Waals surface area contributed by atoms with E-state index in [4.69, 9.17) is 9.47 Å². The van der Waals surface area contributed by atoms with Crippen LogP contribution in [-0.4, -0.2) is 42.2 Å². The van der Waals surface area contributed by atoms with Gasteiger partial charge < -0.3 is 14.4 Å². The zero-order valence-electron chi connectivity index (χ0n) is 11.7. The molecule has 0 radical (unpaired) electrons. The van der Waals surface area contributed by atoms with Crippen molar-refractivity contribution in [3.63, 3.8) is 0 Å². The number of ether oxygens (including phenoxy) is 2. The number of morpholine rings is 1. The quantitative estimate of drug-likeness (QED) is 0.838. The average molecular weight is 263 g/mol. The molecule has 1 aromatic carbocycles. The molecule has 0 N–H and O–H groups in total. The van der Waals surface area contributed by atoms with E-state index in [2.05, 4.69) is 0 Å². The van der Waals surface area contributed by atoms with Crippen molar-refractivity contribution in [2.75, 3.05) is 13.1 Å². The van der Waals surface area contributed by atoms with Crippen LogP contribution < -0.4 is 4.74 Å². The Balaban J connectivity index is 1.95. The Labute approximate surface area is 114 Å². The zero-order chi connectivity index (χ0) is 13.8. The van der Waals surface area contributed by atoms with Crippen LogP contribution in [0.2, 0.25) is 0 Å². The predicted molar refractivity (Wildman–Crippen MR) is 73.1 cm³/mol. The molecule has 19 heavy (non-hydrogen) atoms. The van der Waals surface area contributed by atoms with E-state index in [1.165, 1.54) is 0 Å². The van der Waals surface area contributed by atoms with Gasteiger partial charge in [0.2, 0.25) is 0 Å². The van der Waals surface area contributed by atoms with Crippen molar-refractivity contribution in [1.29, 1.82) is 0 Å². The number of para-hydroxylation sites is 1. The van der Waals surface area contributed by atoms with Crippen molar-refractivity contribution >= 4 is 5.91 Å². The lowest BCUT2D eigenvalue weighted by Crippen LogP contribution is -2.51.